The van der Waals surface area contributed by atoms with E-state index in [1.165, 1.54) is 0 Å². The lowest BCUT2D eigenvalue weighted by Crippen LogP contribution is -2.51. The van der Waals surface area contributed by atoms with Crippen molar-refractivity contribution in [1.82, 2.24) is 15.1 Å². The highest BCUT2D eigenvalue weighted by molar-refractivity contribution is 5.79. The second-order valence-corrected chi connectivity index (χ2v) is 6.91. The van der Waals surface area contributed by atoms with Crippen LogP contribution in [0.2, 0.25) is 0 Å². The number of carboxylic acid groups (broad SMARTS) is 1. The number of nitrogens with one attached hydrogen (secondary N) is 1. The third kappa shape index (κ3) is 3.48. The average molecular weight is 297 g/mol. The van der Waals surface area contributed by atoms with Crippen LogP contribution in [0.5, 0.6) is 0 Å². The van der Waals surface area contributed by atoms with Crippen LogP contribution in [0.4, 0.5) is 4.79 Å². The molecule has 1 saturated heterocycles. The molecule has 120 valence electrons. The van der Waals surface area contributed by atoms with E-state index in [1.54, 1.807) is 18.9 Å². The number of carbonyl (C=O) groups is 2. The van der Waals surface area contributed by atoms with Crippen molar-refractivity contribution in [2.75, 3.05) is 33.7 Å². The van der Waals surface area contributed by atoms with E-state index in [4.69, 9.17) is 0 Å². The Bertz CT molecular complexity index is 415. The second kappa shape index (κ2) is 6.22. The van der Waals surface area contributed by atoms with Crippen LogP contribution in [0.25, 0.3) is 0 Å². The number of urea groups is 1. The molecule has 21 heavy (non-hydrogen) atoms. The fourth-order valence-electron chi connectivity index (χ4n) is 3.56. The zero-order valence-electron chi connectivity index (χ0n) is 13.3. The average Bonchev–Trinajstić information content (AvgIpc) is 2.97. The molecule has 1 saturated carbocycles. The van der Waals surface area contributed by atoms with E-state index < -0.39 is 11.4 Å². The maximum atomic E-state index is 12.3. The number of rotatable bonds is 4. The van der Waals surface area contributed by atoms with Gasteiger partial charge in [0.05, 0.1) is 5.41 Å². The summed E-state index contributed by atoms with van der Waals surface area (Å²) in [5.74, 6) is -0.300. The van der Waals surface area contributed by atoms with Gasteiger partial charge in [-0.15, -0.1) is 0 Å². The van der Waals surface area contributed by atoms with E-state index in [2.05, 4.69) is 17.3 Å². The Morgan fingerprint density at radius 2 is 2.14 bits per heavy atom. The van der Waals surface area contributed by atoms with Crippen LogP contribution in [0.15, 0.2) is 0 Å². The Morgan fingerprint density at radius 3 is 2.71 bits per heavy atom. The highest BCUT2D eigenvalue weighted by Crippen LogP contribution is 2.38. The summed E-state index contributed by atoms with van der Waals surface area (Å²) in [6, 6.07) is -0.417. The Kier molecular flexibility index (Phi) is 4.76. The molecule has 2 rings (SSSR count). The maximum Gasteiger partial charge on any atom is 0.317 e. The number of aliphatic carboxylic acids is 1. The standard InChI is InChI=1S/C15H27N3O3/c1-15(13(19)20)7-4-5-12(15)16-14(21)18(3)10-11-6-8-17(2)9-11/h11-12H,4-10H2,1-3H3,(H,16,21)(H,19,20). The molecule has 0 aromatic carbocycles. The Hall–Kier alpha value is -1.30. The Morgan fingerprint density at radius 1 is 1.43 bits per heavy atom. The molecular weight excluding hydrogens is 270 g/mol. The normalized spacial score (nSPS) is 33.1. The third-order valence-electron chi connectivity index (χ3n) is 5.11. The number of carbonyl (C=O) groups excluding carboxylic acids is 1. The van der Waals surface area contributed by atoms with Crippen LogP contribution in [0, 0.1) is 11.3 Å². The van der Waals surface area contributed by atoms with E-state index in [1.807, 2.05) is 0 Å². The summed E-state index contributed by atoms with van der Waals surface area (Å²) in [5, 5.41) is 12.3. The second-order valence-electron chi connectivity index (χ2n) is 6.91. The lowest BCUT2D eigenvalue weighted by molar-refractivity contribution is -0.148. The molecule has 2 aliphatic rings. The first-order valence-corrected chi connectivity index (χ1v) is 7.76. The minimum Gasteiger partial charge on any atom is -0.481 e. The lowest BCUT2D eigenvalue weighted by atomic mass is 9.85. The number of nitrogens with zero attached hydrogens (tertiary/aromatic N) is 2. The first kappa shape index (κ1) is 16.1. The van der Waals surface area contributed by atoms with Gasteiger partial charge in [0.1, 0.15) is 0 Å². The predicted octanol–water partition coefficient (Wildman–Crippen LogP) is 1.22. The minimum absolute atomic E-state index is 0.149. The van der Waals surface area contributed by atoms with Crippen molar-refractivity contribution >= 4 is 12.0 Å². The first-order chi connectivity index (χ1) is 9.83. The summed E-state index contributed by atoms with van der Waals surface area (Å²) in [5.41, 5.74) is -0.829. The van der Waals surface area contributed by atoms with E-state index >= 15 is 0 Å². The van der Waals surface area contributed by atoms with Gasteiger partial charge in [0.25, 0.3) is 0 Å². The molecule has 6 heteroatoms. The minimum atomic E-state index is -0.829. The van der Waals surface area contributed by atoms with Crippen molar-refractivity contribution in [3.8, 4) is 0 Å². The molecule has 1 heterocycles. The van der Waals surface area contributed by atoms with Crippen LogP contribution in [0.1, 0.15) is 32.6 Å². The molecule has 6 nitrogen and oxygen atoms in total. The van der Waals surface area contributed by atoms with Crippen LogP contribution in [-0.2, 0) is 4.79 Å². The molecule has 0 aromatic rings. The molecule has 0 spiro atoms. The van der Waals surface area contributed by atoms with Crippen LogP contribution in [-0.4, -0.2) is 66.7 Å². The van der Waals surface area contributed by atoms with Gasteiger partial charge in [-0.3, -0.25) is 4.79 Å². The van der Waals surface area contributed by atoms with E-state index in [0.29, 0.717) is 12.3 Å². The number of carboxylic acids is 1. The highest BCUT2D eigenvalue weighted by atomic mass is 16.4. The Balaban J connectivity index is 1.87. The van der Waals surface area contributed by atoms with E-state index in [0.717, 1.165) is 38.9 Å². The number of likely N-dealkylation sites (tertiary alicyclic amines) is 1. The molecular formula is C15H27N3O3. The van der Waals surface area contributed by atoms with Gasteiger partial charge in [-0.05, 0) is 45.7 Å². The fourth-order valence-corrected chi connectivity index (χ4v) is 3.56. The number of hydrogen-bond acceptors (Lipinski definition) is 3. The molecule has 1 aliphatic carbocycles. The van der Waals surface area contributed by atoms with Gasteiger partial charge in [0, 0.05) is 26.2 Å². The van der Waals surface area contributed by atoms with E-state index in [-0.39, 0.29) is 12.1 Å². The van der Waals surface area contributed by atoms with Crippen molar-refractivity contribution in [1.29, 1.82) is 0 Å². The maximum absolute atomic E-state index is 12.3. The largest absolute Gasteiger partial charge is 0.481 e. The summed E-state index contributed by atoms with van der Waals surface area (Å²) in [6.45, 7) is 4.57. The van der Waals surface area contributed by atoms with Gasteiger partial charge in [0.2, 0.25) is 0 Å². The summed E-state index contributed by atoms with van der Waals surface area (Å²) in [6.07, 6.45) is 3.34. The van der Waals surface area contributed by atoms with Gasteiger partial charge >= 0.3 is 12.0 Å². The molecule has 2 N–H and O–H groups in total. The van der Waals surface area contributed by atoms with Gasteiger partial charge in [-0.1, -0.05) is 6.42 Å². The van der Waals surface area contributed by atoms with Gasteiger partial charge in [0.15, 0.2) is 0 Å². The van der Waals surface area contributed by atoms with Crippen LogP contribution in [0.3, 0.4) is 0 Å². The van der Waals surface area contributed by atoms with Gasteiger partial charge < -0.3 is 20.2 Å². The predicted molar refractivity (Wildman–Crippen MR) is 80.1 cm³/mol. The fraction of sp³-hybridized carbons (Fsp3) is 0.867. The SMILES string of the molecule is CN1CCC(CN(C)C(=O)NC2CCCC2(C)C(=O)O)C1. The third-order valence-corrected chi connectivity index (χ3v) is 5.11. The summed E-state index contributed by atoms with van der Waals surface area (Å²) in [4.78, 5) is 27.7. The molecule has 0 bridgehead atoms. The molecule has 2 fully saturated rings. The van der Waals surface area contributed by atoms with Crippen molar-refractivity contribution in [3.63, 3.8) is 0 Å². The first-order valence-electron chi connectivity index (χ1n) is 7.76. The molecule has 0 radical (unpaired) electrons. The van der Waals surface area contributed by atoms with Crippen molar-refractivity contribution in [2.45, 2.75) is 38.6 Å². The smallest absolute Gasteiger partial charge is 0.317 e. The summed E-state index contributed by atoms with van der Waals surface area (Å²) in [7, 11) is 3.89. The topological polar surface area (TPSA) is 72.9 Å². The summed E-state index contributed by atoms with van der Waals surface area (Å²) >= 11 is 0. The molecule has 0 aromatic heterocycles. The van der Waals surface area contributed by atoms with Crippen molar-refractivity contribution in [2.24, 2.45) is 11.3 Å². The molecule has 2 amide bonds. The Labute approximate surface area is 126 Å². The van der Waals surface area contributed by atoms with Crippen LogP contribution < -0.4 is 5.32 Å². The molecule has 1 aliphatic heterocycles. The van der Waals surface area contributed by atoms with Crippen LogP contribution >= 0.6 is 0 Å². The lowest BCUT2D eigenvalue weighted by Gasteiger charge is -2.30. The van der Waals surface area contributed by atoms with Crippen molar-refractivity contribution in [3.05, 3.63) is 0 Å². The van der Waals surface area contributed by atoms with Crippen molar-refractivity contribution < 1.29 is 14.7 Å². The monoisotopic (exact) mass is 297 g/mol. The van der Waals surface area contributed by atoms with E-state index in [9.17, 15) is 14.7 Å². The number of hydrogen-bond donors (Lipinski definition) is 2. The quantitative estimate of drug-likeness (QED) is 0.818. The van der Waals surface area contributed by atoms with Gasteiger partial charge in [-0.25, -0.2) is 4.79 Å². The number of amides is 2. The zero-order valence-corrected chi connectivity index (χ0v) is 13.3. The highest BCUT2D eigenvalue weighted by Gasteiger charge is 2.46. The van der Waals surface area contributed by atoms with Gasteiger partial charge in [-0.2, -0.15) is 0 Å². The molecule has 3 atom stereocenters. The summed E-state index contributed by atoms with van der Waals surface area (Å²) < 4.78 is 0. The zero-order chi connectivity index (χ0) is 15.6. The molecule has 3 unspecified atom stereocenters.